The molecule has 0 spiro atoms. The van der Waals surface area contributed by atoms with Crippen molar-refractivity contribution >= 4 is 11.9 Å². The van der Waals surface area contributed by atoms with Gasteiger partial charge in [0.05, 0.1) is 0 Å². The normalized spacial score (nSPS) is 10.1. The van der Waals surface area contributed by atoms with Crippen molar-refractivity contribution in [3.63, 3.8) is 0 Å². The topological polar surface area (TPSA) is 89.6 Å². The number of rotatable bonds is 3. The highest BCUT2D eigenvalue weighted by molar-refractivity contribution is 5.94. The van der Waals surface area contributed by atoms with Gasteiger partial charge in [-0.05, 0) is 12.1 Å². The van der Waals surface area contributed by atoms with Crippen molar-refractivity contribution in [1.29, 1.82) is 0 Å². The van der Waals surface area contributed by atoms with Crippen LogP contribution in [0.15, 0.2) is 36.4 Å². The standard InChI is InChI=1S/C10H9NO4/c11-9(13)4-5-10(14)15-8-3-1-2-7(12)6-8/h1-6,12H,(H2,11,13)/b5-4-. The number of amides is 1. The second kappa shape index (κ2) is 4.80. The highest BCUT2D eigenvalue weighted by atomic mass is 16.5. The molecule has 1 rings (SSSR count). The van der Waals surface area contributed by atoms with Crippen LogP contribution in [-0.2, 0) is 9.59 Å². The second-order valence-corrected chi connectivity index (χ2v) is 2.65. The van der Waals surface area contributed by atoms with E-state index in [2.05, 4.69) is 0 Å². The third-order valence-electron chi connectivity index (χ3n) is 1.42. The summed E-state index contributed by atoms with van der Waals surface area (Å²) in [5, 5.41) is 9.06. The highest BCUT2D eigenvalue weighted by Crippen LogP contribution is 2.17. The van der Waals surface area contributed by atoms with Crippen molar-refractivity contribution in [3.05, 3.63) is 36.4 Å². The molecule has 0 bridgehead atoms. The molecule has 0 atom stereocenters. The summed E-state index contributed by atoms with van der Waals surface area (Å²) in [6, 6.07) is 5.73. The summed E-state index contributed by atoms with van der Waals surface area (Å²) in [5.74, 6) is -1.30. The minimum absolute atomic E-state index is 0.0146. The number of primary amides is 1. The van der Waals surface area contributed by atoms with Gasteiger partial charge in [-0.15, -0.1) is 0 Å². The van der Waals surface area contributed by atoms with E-state index < -0.39 is 11.9 Å². The molecule has 1 aromatic carbocycles. The van der Waals surface area contributed by atoms with Gasteiger partial charge >= 0.3 is 5.97 Å². The zero-order valence-electron chi connectivity index (χ0n) is 7.71. The Labute approximate surface area is 85.8 Å². The van der Waals surface area contributed by atoms with E-state index in [1.165, 1.54) is 24.3 Å². The average molecular weight is 207 g/mol. The van der Waals surface area contributed by atoms with E-state index in [1.807, 2.05) is 0 Å². The van der Waals surface area contributed by atoms with Gasteiger partial charge in [0.15, 0.2) is 0 Å². The summed E-state index contributed by atoms with van der Waals surface area (Å²) in [4.78, 5) is 21.3. The number of phenols is 1. The van der Waals surface area contributed by atoms with Gasteiger partial charge in [0.2, 0.25) is 5.91 Å². The van der Waals surface area contributed by atoms with E-state index >= 15 is 0 Å². The van der Waals surface area contributed by atoms with Crippen LogP contribution in [-0.4, -0.2) is 17.0 Å². The lowest BCUT2D eigenvalue weighted by Gasteiger charge is -2.00. The number of hydrogen-bond acceptors (Lipinski definition) is 4. The van der Waals surface area contributed by atoms with Crippen molar-refractivity contribution in [2.24, 2.45) is 5.73 Å². The molecule has 15 heavy (non-hydrogen) atoms. The lowest BCUT2D eigenvalue weighted by molar-refractivity contribution is -0.129. The minimum Gasteiger partial charge on any atom is -0.508 e. The quantitative estimate of drug-likeness (QED) is 0.425. The Morgan fingerprint density at radius 2 is 2.07 bits per heavy atom. The lowest BCUT2D eigenvalue weighted by atomic mass is 10.3. The van der Waals surface area contributed by atoms with Gasteiger partial charge in [-0.1, -0.05) is 6.07 Å². The van der Waals surface area contributed by atoms with Crippen molar-refractivity contribution in [1.82, 2.24) is 0 Å². The van der Waals surface area contributed by atoms with Gasteiger partial charge in [0.25, 0.3) is 0 Å². The van der Waals surface area contributed by atoms with Crippen LogP contribution in [0.1, 0.15) is 0 Å². The molecule has 0 saturated heterocycles. The molecule has 3 N–H and O–H groups in total. The maximum absolute atomic E-state index is 11.0. The average Bonchev–Trinajstić information content (AvgIpc) is 2.15. The molecule has 5 nitrogen and oxygen atoms in total. The number of ether oxygens (including phenoxy) is 1. The molecule has 0 heterocycles. The van der Waals surface area contributed by atoms with E-state index in [4.69, 9.17) is 15.6 Å². The fourth-order valence-corrected chi connectivity index (χ4v) is 0.847. The van der Waals surface area contributed by atoms with E-state index in [1.54, 1.807) is 0 Å². The molecule has 0 aliphatic heterocycles. The number of carbonyl (C=O) groups excluding carboxylic acids is 2. The van der Waals surface area contributed by atoms with Crippen LogP contribution < -0.4 is 10.5 Å². The van der Waals surface area contributed by atoms with Gasteiger partial charge in [0, 0.05) is 18.2 Å². The molecule has 0 aliphatic rings. The first-order chi connectivity index (χ1) is 7.08. The zero-order valence-corrected chi connectivity index (χ0v) is 7.71. The minimum atomic E-state index is -0.737. The van der Waals surface area contributed by atoms with Crippen LogP contribution in [0.3, 0.4) is 0 Å². The van der Waals surface area contributed by atoms with E-state index in [9.17, 15) is 9.59 Å². The van der Waals surface area contributed by atoms with Crippen LogP contribution in [0.4, 0.5) is 0 Å². The maximum atomic E-state index is 11.0. The summed E-state index contributed by atoms with van der Waals surface area (Å²) in [7, 11) is 0. The summed E-state index contributed by atoms with van der Waals surface area (Å²) in [5.41, 5.74) is 4.78. The van der Waals surface area contributed by atoms with E-state index in [0.29, 0.717) is 0 Å². The number of esters is 1. The molecule has 0 aromatic heterocycles. The van der Waals surface area contributed by atoms with Crippen LogP contribution in [0.2, 0.25) is 0 Å². The van der Waals surface area contributed by atoms with Crippen molar-refractivity contribution in [2.75, 3.05) is 0 Å². The molecule has 0 unspecified atom stereocenters. The van der Waals surface area contributed by atoms with E-state index in [-0.39, 0.29) is 11.5 Å². The molecular weight excluding hydrogens is 198 g/mol. The van der Waals surface area contributed by atoms with Gasteiger partial charge in [-0.2, -0.15) is 0 Å². The van der Waals surface area contributed by atoms with Gasteiger partial charge in [-0.3, -0.25) is 4.79 Å². The largest absolute Gasteiger partial charge is 0.508 e. The third-order valence-corrected chi connectivity index (χ3v) is 1.42. The molecule has 1 amide bonds. The fraction of sp³-hybridized carbons (Fsp3) is 0. The van der Waals surface area contributed by atoms with Crippen LogP contribution in [0.25, 0.3) is 0 Å². The Hall–Kier alpha value is -2.30. The zero-order chi connectivity index (χ0) is 11.3. The molecule has 1 aromatic rings. The van der Waals surface area contributed by atoms with Crippen LogP contribution in [0, 0.1) is 0 Å². The first kappa shape index (κ1) is 10.8. The van der Waals surface area contributed by atoms with Crippen LogP contribution >= 0.6 is 0 Å². The molecule has 5 heteroatoms. The number of phenolic OH excluding ortho intramolecular Hbond substituents is 1. The summed E-state index contributed by atoms with van der Waals surface area (Å²) in [6.45, 7) is 0. The molecule has 0 aliphatic carbocycles. The predicted molar refractivity (Wildman–Crippen MR) is 52.1 cm³/mol. The summed E-state index contributed by atoms with van der Waals surface area (Å²) in [6.07, 6.45) is 1.80. The number of carbonyl (C=O) groups is 2. The molecule has 0 saturated carbocycles. The van der Waals surface area contributed by atoms with Crippen molar-refractivity contribution in [3.8, 4) is 11.5 Å². The molecule has 0 fully saturated rings. The number of nitrogens with two attached hydrogens (primary N) is 1. The second-order valence-electron chi connectivity index (χ2n) is 2.65. The smallest absolute Gasteiger partial charge is 0.336 e. The highest BCUT2D eigenvalue weighted by Gasteiger charge is 2.01. The van der Waals surface area contributed by atoms with Crippen molar-refractivity contribution in [2.45, 2.75) is 0 Å². The Morgan fingerprint density at radius 1 is 1.33 bits per heavy atom. The van der Waals surface area contributed by atoms with Crippen LogP contribution in [0.5, 0.6) is 11.5 Å². The molecule has 78 valence electrons. The summed E-state index contributed by atoms with van der Waals surface area (Å²) >= 11 is 0. The SMILES string of the molecule is NC(=O)/C=C\C(=O)Oc1cccc(O)c1. The lowest BCUT2D eigenvalue weighted by Crippen LogP contribution is -2.09. The monoisotopic (exact) mass is 207 g/mol. The maximum Gasteiger partial charge on any atom is 0.336 e. The molecular formula is C10H9NO4. The summed E-state index contributed by atoms with van der Waals surface area (Å²) < 4.78 is 4.75. The van der Waals surface area contributed by atoms with Gasteiger partial charge in [-0.25, -0.2) is 4.79 Å². The predicted octanol–water partition coefficient (Wildman–Crippen LogP) is 0.339. The Morgan fingerprint density at radius 3 is 2.67 bits per heavy atom. The number of aromatic hydroxyl groups is 1. The number of benzene rings is 1. The van der Waals surface area contributed by atoms with Gasteiger partial charge in [0.1, 0.15) is 11.5 Å². The Bertz CT molecular complexity index is 412. The Kier molecular flexibility index (Phi) is 3.45. The Balaban J connectivity index is 2.63. The first-order valence-corrected chi connectivity index (χ1v) is 4.06. The fourth-order valence-electron chi connectivity index (χ4n) is 0.847. The molecule has 0 radical (unpaired) electrons. The van der Waals surface area contributed by atoms with E-state index in [0.717, 1.165) is 12.2 Å². The third kappa shape index (κ3) is 3.95. The van der Waals surface area contributed by atoms with Crippen molar-refractivity contribution < 1.29 is 19.4 Å². The van der Waals surface area contributed by atoms with Gasteiger partial charge < -0.3 is 15.6 Å². The first-order valence-electron chi connectivity index (χ1n) is 4.06. The number of hydrogen-bond donors (Lipinski definition) is 2.